The first-order chi connectivity index (χ1) is 12.2. The Kier molecular flexibility index (Phi) is 7.25. The molecule has 2 aliphatic carbocycles. The van der Waals surface area contributed by atoms with Crippen LogP contribution in [-0.2, 0) is 0 Å². The number of hydrogen-bond donors (Lipinski definition) is 0. The summed E-state index contributed by atoms with van der Waals surface area (Å²) in [5.74, 6) is 4.74. The van der Waals surface area contributed by atoms with E-state index in [-0.39, 0.29) is 0 Å². The van der Waals surface area contributed by atoms with Crippen LogP contribution in [-0.4, -0.2) is 6.61 Å². The van der Waals surface area contributed by atoms with E-state index in [1.807, 2.05) is 0 Å². The van der Waals surface area contributed by atoms with Gasteiger partial charge in [0.05, 0.1) is 6.61 Å². The zero-order chi connectivity index (χ0) is 17.5. The van der Waals surface area contributed by atoms with Crippen molar-refractivity contribution >= 4 is 0 Å². The highest BCUT2D eigenvalue weighted by Crippen LogP contribution is 2.37. The zero-order valence-corrected chi connectivity index (χ0v) is 16.5. The third-order valence-electron chi connectivity index (χ3n) is 6.94. The SMILES string of the molecule is CCC1CCC(c2ccc(OCCCC3CCC(C)CC3)cc2)CC1. The summed E-state index contributed by atoms with van der Waals surface area (Å²) < 4.78 is 5.99. The second-order valence-corrected chi connectivity index (χ2v) is 8.81. The summed E-state index contributed by atoms with van der Waals surface area (Å²) in [5.41, 5.74) is 1.53. The molecule has 0 aliphatic heterocycles. The molecule has 0 saturated heterocycles. The Bertz CT molecular complexity index is 475. The predicted octanol–water partition coefficient (Wildman–Crippen LogP) is 7.36. The van der Waals surface area contributed by atoms with Crippen molar-refractivity contribution in [3.8, 4) is 5.75 Å². The van der Waals surface area contributed by atoms with Gasteiger partial charge in [-0.25, -0.2) is 0 Å². The van der Waals surface area contributed by atoms with E-state index in [0.717, 1.165) is 36.0 Å². The molecule has 2 aliphatic rings. The largest absolute Gasteiger partial charge is 0.494 e. The molecular formula is C24H38O. The van der Waals surface area contributed by atoms with Crippen LogP contribution in [0.2, 0.25) is 0 Å². The lowest BCUT2D eigenvalue weighted by atomic mass is 9.78. The third kappa shape index (κ3) is 5.76. The second kappa shape index (κ2) is 9.64. The van der Waals surface area contributed by atoms with Gasteiger partial charge >= 0.3 is 0 Å². The topological polar surface area (TPSA) is 9.23 Å². The van der Waals surface area contributed by atoms with Crippen LogP contribution in [0.15, 0.2) is 24.3 Å². The van der Waals surface area contributed by atoms with Gasteiger partial charge in [0.15, 0.2) is 0 Å². The lowest BCUT2D eigenvalue weighted by Gasteiger charge is -2.28. The maximum Gasteiger partial charge on any atom is 0.119 e. The summed E-state index contributed by atoms with van der Waals surface area (Å²) in [4.78, 5) is 0. The molecule has 0 N–H and O–H groups in total. The Hall–Kier alpha value is -0.980. The van der Waals surface area contributed by atoms with Crippen LogP contribution in [0.25, 0.3) is 0 Å². The average molecular weight is 343 g/mol. The summed E-state index contributed by atoms with van der Waals surface area (Å²) in [5, 5.41) is 0. The lowest BCUT2D eigenvalue weighted by molar-refractivity contribution is 0.245. The normalized spacial score (nSPS) is 30.2. The highest BCUT2D eigenvalue weighted by molar-refractivity contribution is 5.29. The van der Waals surface area contributed by atoms with Gasteiger partial charge in [-0.05, 0) is 79.9 Å². The van der Waals surface area contributed by atoms with E-state index in [2.05, 4.69) is 38.1 Å². The molecule has 0 aromatic heterocycles. The van der Waals surface area contributed by atoms with Crippen LogP contribution in [0.3, 0.4) is 0 Å². The molecule has 2 fully saturated rings. The first kappa shape index (κ1) is 18.8. The smallest absolute Gasteiger partial charge is 0.119 e. The minimum Gasteiger partial charge on any atom is -0.494 e. The van der Waals surface area contributed by atoms with Gasteiger partial charge < -0.3 is 4.74 Å². The predicted molar refractivity (Wildman–Crippen MR) is 107 cm³/mol. The maximum absolute atomic E-state index is 5.99. The third-order valence-corrected chi connectivity index (χ3v) is 6.94. The van der Waals surface area contributed by atoms with E-state index in [9.17, 15) is 0 Å². The number of rotatable bonds is 7. The molecule has 0 spiro atoms. The molecule has 0 amide bonds. The van der Waals surface area contributed by atoms with Crippen molar-refractivity contribution in [2.45, 2.75) is 90.4 Å². The van der Waals surface area contributed by atoms with Gasteiger partial charge in [-0.1, -0.05) is 58.1 Å². The molecule has 2 saturated carbocycles. The minimum atomic E-state index is 0.783. The minimum absolute atomic E-state index is 0.783. The molecule has 0 bridgehead atoms. The molecule has 25 heavy (non-hydrogen) atoms. The van der Waals surface area contributed by atoms with E-state index in [0.29, 0.717) is 0 Å². The van der Waals surface area contributed by atoms with Crippen molar-refractivity contribution in [3.05, 3.63) is 29.8 Å². The number of ether oxygens (including phenoxy) is 1. The summed E-state index contributed by atoms with van der Waals surface area (Å²) in [6, 6.07) is 9.02. The van der Waals surface area contributed by atoms with E-state index in [1.54, 1.807) is 0 Å². The fraction of sp³-hybridized carbons (Fsp3) is 0.750. The molecule has 0 heterocycles. The summed E-state index contributed by atoms with van der Waals surface area (Å²) in [7, 11) is 0. The Morgan fingerprint density at radius 2 is 1.48 bits per heavy atom. The maximum atomic E-state index is 5.99. The van der Waals surface area contributed by atoms with Gasteiger partial charge in [0, 0.05) is 0 Å². The van der Waals surface area contributed by atoms with Crippen LogP contribution in [0.4, 0.5) is 0 Å². The first-order valence-corrected chi connectivity index (χ1v) is 11.0. The molecule has 1 nitrogen and oxygen atoms in total. The van der Waals surface area contributed by atoms with Crippen molar-refractivity contribution < 1.29 is 4.74 Å². The van der Waals surface area contributed by atoms with E-state index in [1.165, 1.54) is 76.2 Å². The Morgan fingerprint density at radius 1 is 0.840 bits per heavy atom. The molecule has 1 aromatic rings. The molecule has 1 aromatic carbocycles. The molecule has 140 valence electrons. The van der Waals surface area contributed by atoms with E-state index >= 15 is 0 Å². The Labute approximate surface area is 155 Å². The van der Waals surface area contributed by atoms with Gasteiger partial charge in [-0.15, -0.1) is 0 Å². The van der Waals surface area contributed by atoms with Crippen LogP contribution >= 0.6 is 0 Å². The highest BCUT2D eigenvalue weighted by Gasteiger charge is 2.21. The van der Waals surface area contributed by atoms with Gasteiger partial charge in [0.1, 0.15) is 5.75 Å². The van der Waals surface area contributed by atoms with Crippen LogP contribution in [0, 0.1) is 17.8 Å². The first-order valence-electron chi connectivity index (χ1n) is 11.0. The molecule has 3 rings (SSSR count). The molecular weight excluding hydrogens is 304 g/mol. The monoisotopic (exact) mass is 342 g/mol. The summed E-state index contributed by atoms with van der Waals surface area (Å²) >= 11 is 0. The number of benzene rings is 1. The van der Waals surface area contributed by atoms with Gasteiger partial charge in [-0.2, -0.15) is 0 Å². The van der Waals surface area contributed by atoms with Crippen molar-refractivity contribution in [2.24, 2.45) is 17.8 Å². The van der Waals surface area contributed by atoms with Gasteiger partial charge in [0.2, 0.25) is 0 Å². The number of hydrogen-bond acceptors (Lipinski definition) is 1. The molecule has 0 radical (unpaired) electrons. The zero-order valence-electron chi connectivity index (χ0n) is 16.5. The Balaban J connectivity index is 1.35. The standard InChI is InChI=1S/C24H38O/c1-3-20-10-12-22(13-11-20)23-14-16-24(17-15-23)25-18-4-5-21-8-6-19(2)7-9-21/h14-17,19-22H,3-13,18H2,1-2H3. The molecule has 1 heteroatoms. The van der Waals surface area contributed by atoms with Crippen molar-refractivity contribution in [3.63, 3.8) is 0 Å². The van der Waals surface area contributed by atoms with Crippen molar-refractivity contribution in [2.75, 3.05) is 6.61 Å². The quantitative estimate of drug-likeness (QED) is 0.470. The molecule has 0 unspecified atom stereocenters. The van der Waals surface area contributed by atoms with E-state index < -0.39 is 0 Å². The average Bonchev–Trinajstić information content (AvgIpc) is 2.67. The fourth-order valence-electron chi connectivity index (χ4n) is 4.92. The summed E-state index contributed by atoms with van der Waals surface area (Å²) in [6.07, 6.45) is 15.3. The van der Waals surface area contributed by atoms with Gasteiger partial charge in [0.25, 0.3) is 0 Å². The van der Waals surface area contributed by atoms with Crippen LogP contribution in [0.1, 0.15) is 96.0 Å². The van der Waals surface area contributed by atoms with Crippen LogP contribution < -0.4 is 4.74 Å². The molecule has 0 atom stereocenters. The highest BCUT2D eigenvalue weighted by atomic mass is 16.5. The van der Waals surface area contributed by atoms with Crippen molar-refractivity contribution in [1.29, 1.82) is 0 Å². The van der Waals surface area contributed by atoms with E-state index in [4.69, 9.17) is 4.74 Å². The van der Waals surface area contributed by atoms with Crippen LogP contribution in [0.5, 0.6) is 5.75 Å². The lowest BCUT2D eigenvalue weighted by Crippen LogP contribution is -2.13. The van der Waals surface area contributed by atoms with Crippen molar-refractivity contribution in [1.82, 2.24) is 0 Å². The Morgan fingerprint density at radius 3 is 2.12 bits per heavy atom. The van der Waals surface area contributed by atoms with Gasteiger partial charge in [-0.3, -0.25) is 0 Å². The fourth-order valence-corrected chi connectivity index (χ4v) is 4.92. The second-order valence-electron chi connectivity index (χ2n) is 8.81. The summed E-state index contributed by atoms with van der Waals surface area (Å²) in [6.45, 7) is 5.62.